The highest BCUT2D eigenvalue weighted by atomic mass is 16.5. The molecule has 51 heavy (non-hydrogen) atoms. The molecule has 1 saturated heterocycles. The second-order valence-electron chi connectivity index (χ2n) is 14.4. The van der Waals surface area contributed by atoms with Gasteiger partial charge < -0.3 is 19.1 Å². The average molecular weight is 698 g/mol. The SMILES string of the molecule is CCOC(=O)CC(c1ccnc(OCC2CCN(c3cc(OC)ccc3C(=O)N(CC(C)(C)CCN=[N+]=[N-])c3cccc(C)n3)CC2)c1)C1CC1. The van der Waals surface area contributed by atoms with Gasteiger partial charge in [-0.1, -0.05) is 25.0 Å². The fourth-order valence-electron chi connectivity index (χ4n) is 6.80. The number of ether oxygens (including phenoxy) is 3. The number of esters is 1. The summed E-state index contributed by atoms with van der Waals surface area (Å²) in [6.07, 6.45) is 6.78. The normalized spacial score (nSPS) is 15.4. The summed E-state index contributed by atoms with van der Waals surface area (Å²) in [7, 11) is 1.63. The number of azide groups is 1. The van der Waals surface area contributed by atoms with Crippen LogP contribution in [-0.4, -0.2) is 68.3 Å². The van der Waals surface area contributed by atoms with Crippen molar-refractivity contribution in [2.75, 3.05) is 56.3 Å². The van der Waals surface area contributed by atoms with Crippen molar-refractivity contribution in [3.63, 3.8) is 0 Å². The van der Waals surface area contributed by atoms with Crippen LogP contribution in [0.25, 0.3) is 10.4 Å². The number of carbonyl (C=O) groups excluding carboxylic acids is 2. The molecule has 1 saturated carbocycles. The Labute approximate surface area is 301 Å². The standard InChI is InChI=1S/C39H51N7O5/c1-6-50-37(47)24-33(29-10-11-29)30-14-18-41-36(22-30)51-25-28-15-20-45(21-16-28)34-23-31(49-5)12-13-32(34)38(48)46(35-9-7-8-27(2)43-35)26-39(3,4)17-19-42-44-40/h7-9,12-14,18,22-23,28-29,33H,6,10-11,15-17,19-21,24-26H2,1-5H3. The minimum Gasteiger partial charge on any atom is -0.497 e. The van der Waals surface area contributed by atoms with Crippen LogP contribution in [0.1, 0.15) is 86.8 Å². The van der Waals surface area contributed by atoms with E-state index < -0.39 is 0 Å². The molecule has 0 bridgehead atoms. The van der Waals surface area contributed by atoms with Crippen molar-refractivity contribution >= 4 is 23.4 Å². The highest BCUT2D eigenvalue weighted by molar-refractivity contribution is 6.09. The van der Waals surface area contributed by atoms with Crippen molar-refractivity contribution in [2.45, 2.75) is 72.1 Å². The molecule has 0 radical (unpaired) electrons. The van der Waals surface area contributed by atoms with E-state index in [-0.39, 0.29) is 23.2 Å². The number of aromatic nitrogens is 2. The number of pyridine rings is 2. The van der Waals surface area contributed by atoms with E-state index in [1.165, 1.54) is 0 Å². The maximum atomic E-state index is 14.5. The van der Waals surface area contributed by atoms with Gasteiger partial charge in [0.15, 0.2) is 0 Å². The van der Waals surface area contributed by atoms with Crippen molar-refractivity contribution in [2.24, 2.45) is 22.4 Å². The van der Waals surface area contributed by atoms with Gasteiger partial charge in [0, 0.05) is 55.1 Å². The maximum Gasteiger partial charge on any atom is 0.306 e. The number of carbonyl (C=O) groups is 2. The third-order valence-corrected chi connectivity index (χ3v) is 9.86. The number of hydrogen-bond acceptors (Lipinski definition) is 9. The number of hydrogen-bond donors (Lipinski definition) is 0. The lowest BCUT2D eigenvalue weighted by atomic mass is 9.88. The van der Waals surface area contributed by atoms with Gasteiger partial charge in [0.05, 0.1) is 38.0 Å². The second kappa shape index (κ2) is 17.4. The van der Waals surface area contributed by atoms with E-state index in [0.717, 1.165) is 55.7 Å². The van der Waals surface area contributed by atoms with Gasteiger partial charge in [-0.05, 0) is 111 Å². The van der Waals surface area contributed by atoms with E-state index in [0.29, 0.717) is 74.0 Å². The highest BCUT2D eigenvalue weighted by Crippen LogP contribution is 2.45. The Morgan fingerprint density at radius 2 is 1.90 bits per heavy atom. The van der Waals surface area contributed by atoms with Crippen molar-refractivity contribution < 1.29 is 23.8 Å². The summed E-state index contributed by atoms with van der Waals surface area (Å²) in [6, 6.07) is 15.3. The molecule has 2 aliphatic rings. The van der Waals surface area contributed by atoms with Crippen molar-refractivity contribution in [1.29, 1.82) is 0 Å². The Morgan fingerprint density at radius 1 is 1.12 bits per heavy atom. The van der Waals surface area contributed by atoms with Gasteiger partial charge in [-0.2, -0.15) is 0 Å². The molecule has 1 aliphatic carbocycles. The summed E-state index contributed by atoms with van der Waals surface area (Å²) < 4.78 is 17.1. The summed E-state index contributed by atoms with van der Waals surface area (Å²) in [5.41, 5.74) is 11.8. The first-order valence-corrected chi connectivity index (χ1v) is 18.0. The Morgan fingerprint density at radius 3 is 2.59 bits per heavy atom. The van der Waals surface area contributed by atoms with E-state index in [1.807, 2.05) is 62.4 Å². The number of methoxy groups -OCH3 is 1. The molecule has 1 atom stereocenters. The number of rotatable bonds is 17. The molecule has 3 aromatic rings. The quantitative estimate of drug-likeness (QED) is 0.0599. The highest BCUT2D eigenvalue weighted by Gasteiger charge is 2.35. The molecule has 272 valence electrons. The molecule has 2 aromatic heterocycles. The van der Waals surface area contributed by atoms with Crippen LogP contribution >= 0.6 is 0 Å². The number of amides is 1. The van der Waals surface area contributed by atoms with Crippen LogP contribution in [0.2, 0.25) is 0 Å². The van der Waals surface area contributed by atoms with Crippen LogP contribution in [-0.2, 0) is 9.53 Å². The van der Waals surface area contributed by atoms with Gasteiger partial charge in [-0.25, -0.2) is 9.97 Å². The van der Waals surface area contributed by atoms with Crippen LogP contribution < -0.4 is 19.3 Å². The number of anilines is 2. The van der Waals surface area contributed by atoms with Crippen LogP contribution in [0.15, 0.2) is 59.8 Å². The van der Waals surface area contributed by atoms with Crippen LogP contribution in [0.5, 0.6) is 11.6 Å². The minimum atomic E-state index is -0.339. The van der Waals surface area contributed by atoms with Gasteiger partial charge in [-0.3, -0.25) is 14.5 Å². The summed E-state index contributed by atoms with van der Waals surface area (Å²) >= 11 is 0. The van der Waals surface area contributed by atoms with E-state index >= 15 is 0 Å². The van der Waals surface area contributed by atoms with Crippen molar-refractivity contribution in [3.05, 3.63) is 82.0 Å². The zero-order chi connectivity index (χ0) is 36.4. The molecule has 2 fully saturated rings. The minimum absolute atomic E-state index is 0.124. The maximum absolute atomic E-state index is 14.5. The smallest absolute Gasteiger partial charge is 0.306 e. The zero-order valence-corrected chi connectivity index (χ0v) is 30.6. The second-order valence-corrected chi connectivity index (χ2v) is 14.4. The van der Waals surface area contributed by atoms with E-state index in [4.69, 9.17) is 24.7 Å². The number of nitrogens with zero attached hydrogens (tertiary/aromatic N) is 7. The van der Waals surface area contributed by atoms with Crippen LogP contribution in [0.4, 0.5) is 11.5 Å². The van der Waals surface area contributed by atoms with E-state index in [2.05, 4.69) is 33.8 Å². The molecule has 0 spiro atoms. The Hall–Kier alpha value is -4.83. The van der Waals surface area contributed by atoms with Gasteiger partial charge in [-0.15, -0.1) is 0 Å². The predicted octanol–water partition coefficient (Wildman–Crippen LogP) is 7.91. The third kappa shape index (κ3) is 10.4. The first-order chi connectivity index (χ1) is 24.6. The molecule has 3 heterocycles. The van der Waals surface area contributed by atoms with Gasteiger partial charge in [0.25, 0.3) is 5.91 Å². The number of piperidine rings is 1. The van der Waals surface area contributed by atoms with Gasteiger partial charge in [0.1, 0.15) is 11.6 Å². The molecule has 12 nitrogen and oxygen atoms in total. The molecule has 1 aromatic carbocycles. The monoisotopic (exact) mass is 697 g/mol. The third-order valence-electron chi connectivity index (χ3n) is 9.86. The molecule has 1 amide bonds. The summed E-state index contributed by atoms with van der Waals surface area (Å²) in [5, 5.41) is 3.73. The first-order valence-electron chi connectivity index (χ1n) is 18.0. The summed E-state index contributed by atoms with van der Waals surface area (Å²) in [4.78, 5) is 42.9. The molecule has 5 rings (SSSR count). The Kier molecular flexibility index (Phi) is 12.8. The fraction of sp³-hybridized carbons (Fsp3) is 0.538. The molecule has 1 unspecified atom stereocenters. The summed E-state index contributed by atoms with van der Waals surface area (Å²) in [5.74, 6) is 2.48. The predicted molar refractivity (Wildman–Crippen MR) is 197 cm³/mol. The lowest BCUT2D eigenvalue weighted by Gasteiger charge is -2.36. The van der Waals surface area contributed by atoms with Crippen molar-refractivity contribution in [3.8, 4) is 11.6 Å². The topological polar surface area (TPSA) is 143 Å². The van der Waals surface area contributed by atoms with Gasteiger partial charge >= 0.3 is 5.97 Å². The molecular weight excluding hydrogens is 646 g/mol. The van der Waals surface area contributed by atoms with Gasteiger partial charge in [0.2, 0.25) is 5.88 Å². The van der Waals surface area contributed by atoms with Crippen LogP contribution in [0.3, 0.4) is 0 Å². The zero-order valence-electron chi connectivity index (χ0n) is 30.6. The van der Waals surface area contributed by atoms with Crippen LogP contribution in [0, 0.1) is 24.2 Å². The van der Waals surface area contributed by atoms with E-state index in [9.17, 15) is 9.59 Å². The summed E-state index contributed by atoms with van der Waals surface area (Å²) in [6.45, 7) is 11.0. The Bertz CT molecular complexity index is 1700. The first kappa shape index (κ1) is 37.4. The van der Waals surface area contributed by atoms with Crippen molar-refractivity contribution in [1.82, 2.24) is 9.97 Å². The molecular formula is C39H51N7O5. The van der Waals surface area contributed by atoms with E-state index in [1.54, 1.807) is 18.2 Å². The largest absolute Gasteiger partial charge is 0.497 e. The lowest BCUT2D eigenvalue weighted by molar-refractivity contribution is -0.143. The molecule has 12 heteroatoms. The number of benzene rings is 1. The molecule has 1 aliphatic heterocycles. The number of aryl methyl sites for hydroxylation is 1. The lowest BCUT2D eigenvalue weighted by Crippen LogP contribution is -2.41. The molecule has 0 N–H and O–H groups in total. The average Bonchev–Trinajstić information content (AvgIpc) is 3.98. The fourth-order valence-corrected chi connectivity index (χ4v) is 6.80. The Balaban J connectivity index is 1.28.